The van der Waals surface area contributed by atoms with Crippen molar-refractivity contribution in [2.45, 2.75) is 37.9 Å². The highest BCUT2D eigenvalue weighted by Gasteiger charge is 2.37. The van der Waals surface area contributed by atoms with E-state index in [-0.39, 0.29) is 18.9 Å². The number of carbonyl (C=O) groups is 4. The van der Waals surface area contributed by atoms with Crippen LogP contribution in [0.4, 0.5) is 0 Å². The fourth-order valence-corrected chi connectivity index (χ4v) is 3.33. The average molecular weight is 409 g/mol. The molecule has 0 spiro atoms. The first-order valence-corrected chi connectivity index (χ1v) is 9.57. The van der Waals surface area contributed by atoms with Crippen LogP contribution in [0.5, 0.6) is 0 Å². The number of amides is 3. The van der Waals surface area contributed by atoms with Gasteiger partial charge in [-0.25, -0.2) is 4.79 Å². The third-order valence-corrected chi connectivity index (χ3v) is 5.18. The minimum atomic E-state index is -1.61. The third kappa shape index (κ3) is 4.55. The van der Waals surface area contributed by atoms with Crippen molar-refractivity contribution in [3.63, 3.8) is 0 Å². The number of hydrogen-bond donors (Lipinski definition) is 4. The summed E-state index contributed by atoms with van der Waals surface area (Å²) in [7, 11) is 0. The molecule has 156 valence electrons. The minimum absolute atomic E-state index is 0.213. The molecule has 0 aliphatic carbocycles. The molecular formula is C22H23N3O5. The number of aliphatic carboxylic acids is 1. The van der Waals surface area contributed by atoms with E-state index >= 15 is 0 Å². The van der Waals surface area contributed by atoms with Crippen LogP contribution in [0.15, 0.2) is 54.6 Å². The van der Waals surface area contributed by atoms with E-state index in [4.69, 9.17) is 0 Å². The second-order valence-corrected chi connectivity index (χ2v) is 7.29. The summed E-state index contributed by atoms with van der Waals surface area (Å²) < 4.78 is 0. The van der Waals surface area contributed by atoms with E-state index in [9.17, 15) is 24.3 Å². The molecule has 0 aromatic heterocycles. The van der Waals surface area contributed by atoms with Gasteiger partial charge in [-0.2, -0.15) is 0 Å². The molecule has 0 saturated carbocycles. The molecular weight excluding hydrogens is 386 g/mol. The molecule has 0 bridgehead atoms. The van der Waals surface area contributed by atoms with Crippen LogP contribution in [0.3, 0.4) is 0 Å². The number of hydrogen-bond acceptors (Lipinski definition) is 5. The van der Waals surface area contributed by atoms with Gasteiger partial charge >= 0.3 is 5.97 Å². The first-order chi connectivity index (χ1) is 14.3. The lowest BCUT2D eigenvalue weighted by Gasteiger charge is -2.27. The lowest BCUT2D eigenvalue weighted by atomic mass is 9.91. The first-order valence-electron chi connectivity index (χ1n) is 9.57. The van der Waals surface area contributed by atoms with Crippen LogP contribution in [0.1, 0.15) is 41.3 Å². The fraction of sp³-hybridized carbons (Fsp3) is 0.273. The Hall–Kier alpha value is -3.52. The zero-order chi connectivity index (χ0) is 21.7. The Morgan fingerprint density at radius 2 is 1.77 bits per heavy atom. The van der Waals surface area contributed by atoms with Gasteiger partial charge in [-0.3, -0.25) is 19.7 Å². The summed E-state index contributed by atoms with van der Waals surface area (Å²) in [5.74, 6) is -2.41. The topological polar surface area (TPSA) is 125 Å². The van der Waals surface area contributed by atoms with Gasteiger partial charge in [-0.05, 0) is 30.5 Å². The van der Waals surface area contributed by atoms with Crippen LogP contribution < -0.4 is 16.0 Å². The third-order valence-electron chi connectivity index (χ3n) is 5.18. The largest absolute Gasteiger partial charge is 0.479 e. The molecule has 2 atom stereocenters. The second-order valence-electron chi connectivity index (χ2n) is 7.29. The molecule has 4 N–H and O–H groups in total. The van der Waals surface area contributed by atoms with Gasteiger partial charge in [0.2, 0.25) is 11.8 Å². The highest BCUT2D eigenvalue weighted by molar-refractivity contribution is 6.00. The lowest BCUT2D eigenvalue weighted by molar-refractivity contribution is -0.144. The molecule has 8 nitrogen and oxygen atoms in total. The summed E-state index contributed by atoms with van der Waals surface area (Å²) in [6.07, 6.45) is 0.629. The minimum Gasteiger partial charge on any atom is -0.479 e. The van der Waals surface area contributed by atoms with Crippen LogP contribution in [-0.2, 0) is 26.5 Å². The van der Waals surface area contributed by atoms with Crippen molar-refractivity contribution in [3.05, 3.63) is 71.3 Å². The molecule has 1 aliphatic rings. The zero-order valence-corrected chi connectivity index (χ0v) is 16.5. The lowest BCUT2D eigenvalue weighted by Crippen LogP contribution is -2.51. The molecule has 0 radical (unpaired) electrons. The summed E-state index contributed by atoms with van der Waals surface area (Å²) >= 11 is 0. The van der Waals surface area contributed by atoms with Gasteiger partial charge in [-0.1, -0.05) is 48.5 Å². The van der Waals surface area contributed by atoms with E-state index < -0.39 is 29.4 Å². The maximum atomic E-state index is 13.0. The normalized spacial score (nSPS) is 18.2. The number of benzene rings is 2. The van der Waals surface area contributed by atoms with Gasteiger partial charge in [0.25, 0.3) is 5.91 Å². The number of imide groups is 1. The number of carbonyl (C=O) groups excluding carboxylic acids is 3. The standard InChI is InChI=1S/C22H23N3O5/c1-22(21(29)30,15-8-3-2-4-9-15)25-19(27)16-10-6-5-7-14(16)13-23-17-11-12-18(26)24-20(17)28/h2-10,17,23H,11-13H2,1H3,(H,25,27)(H,29,30)(H,24,26,28)/t17-,22+/m0/s1. The van der Waals surface area contributed by atoms with Crippen molar-refractivity contribution < 1.29 is 24.3 Å². The first kappa shape index (κ1) is 21.2. The second kappa shape index (κ2) is 8.87. The number of rotatable bonds is 7. The smallest absolute Gasteiger partial charge is 0.333 e. The van der Waals surface area contributed by atoms with Crippen molar-refractivity contribution in [1.82, 2.24) is 16.0 Å². The monoisotopic (exact) mass is 409 g/mol. The van der Waals surface area contributed by atoms with Crippen molar-refractivity contribution in [2.75, 3.05) is 0 Å². The van der Waals surface area contributed by atoms with Gasteiger partial charge < -0.3 is 15.7 Å². The summed E-state index contributed by atoms with van der Waals surface area (Å²) in [6.45, 7) is 1.65. The van der Waals surface area contributed by atoms with Gasteiger partial charge in [0.05, 0.1) is 6.04 Å². The summed E-state index contributed by atoms with van der Waals surface area (Å²) in [4.78, 5) is 48.2. The van der Waals surface area contributed by atoms with Crippen LogP contribution >= 0.6 is 0 Å². The Kier molecular flexibility index (Phi) is 6.27. The van der Waals surface area contributed by atoms with E-state index in [1.54, 1.807) is 54.6 Å². The molecule has 2 aromatic rings. The quantitative estimate of drug-likeness (QED) is 0.511. The Labute approximate surface area is 173 Å². The van der Waals surface area contributed by atoms with Crippen molar-refractivity contribution >= 4 is 23.7 Å². The van der Waals surface area contributed by atoms with Crippen molar-refractivity contribution in [3.8, 4) is 0 Å². The van der Waals surface area contributed by atoms with Gasteiger partial charge in [0.15, 0.2) is 5.54 Å². The van der Waals surface area contributed by atoms with E-state index in [0.29, 0.717) is 23.1 Å². The average Bonchev–Trinajstić information content (AvgIpc) is 2.73. The molecule has 8 heteroatoms. The molecule has 1 aliphatic heterocycles. The van der Waals surface area contributed by atoms with Gasteiger partial charge in [0, 0.05) is 18.5 Å². The van der Waals surface area contributed by atoms with Crippen molar-refractivity contribution in [1.29, 1.82) is 0 Å². The molecule has 3 amide bonds. The van der Waals surface area contributed by atoms with E-state index in [1.807, 2.05) is 0 Å². The Morgan fingerprint density at radius 3 is 2.43 bits per heavy atom. The molecule has 1 saturated heterocycles. The van der Waals surface area contributed by atoms with Gasteiger partial charge in [0.1, 0.15) is 0 Å². The summed E-state index contributed by atoms with van der Waals surface area (Å²) in [6, 6.07) is 14.7. The van der Waals surface area contributed by atoms with E-state index in [1.165, 1.54) is 6.92 Å². The highest BCUT2D eigenvalue weighted by Crippen LogP contribution is 2.22. The predicted molar refractivity (Wildman–Crippen MR) is 108 cm³/mol. The highest BCUT2D eigenvalue weighted by atomic mass is 16.4. The Morgan fingerprint density at radius 1 is 1.10 bits per heavy atom. The molecule has 0 unspecified atom stereocenters. The Balaban J connectivity index is 1.77. The summed E-state index contributed by atoms with van der Waals surface area (Å²) in [5, 5.41) is 17.7. The molecule has 2 aromatic carbocycles. The van der Waals surface area contributed by atoms with Gasteiger partial charge in [-0.15, -0.1) is 0 Å². The number of carboxylic acid groups (broad SMARTS) is 1. The molecule has 30 heavy (non-hydrogen) atoms. The molecule has 1 fully saturated rings. The van der Waals surface area contributed by atoms with Crippen LogP contribution in [0.2, 0.25) is 0 Å². The predicted octanol–water partition coefficient (Wildman–Crippen LogP) is 1.31. The number of piperidine rings is 1. The maximum absolute atomic E-state index is 13.0. The van der Waals surface area contributed by atoms with Crippen LogP contribution in [0.25, 0.3) is 0 Å². The zero-order valence-electron chi connectivity index (χ0n) is 16.5. The van der Waals surface area contributed by atoms with Crippen molar-refractivity contribution in [2.24, 2.45) is 0 Å². The fourth-order valence-electron chi connectivity index (χ4n) is 3.33. The van der Waals surface area contributed by atoms with E-state index in [2.05, 4.69) is 16.0 Å². The van der Waals surface area contributed by atoms with Crippen LogP contribution in [-0.4, -0.2) is 34.8 Å². The molecule has 1 heterocycles. The SMILES string of the molecule is C[C@](NC(=O)c1ccccc1CN[C@H]1CCC(=O)NC1=O)(C(=O)O)c1ccccc1. The van der Waals surface area contributed by atoms with Crippen LogP contribution in [0, 0.1) is 0 Å². The summed E-state index contributed by atoms with van der Waals surface area (Å²) in [5.41, 5.74) is -0.242. The maximum Gasteiger partial charge on any atom is 0.333 e. The number of nitrogens with one attached hydrogen (secondary N) is 3. The number of carboxylic acids is 1. The van der Waals surface area contributed by atoms with E-state index in [0.717, 1.165) is 0 Å². The molecule has 3 rings (SSSR count). The Bertz CT molecular complexity index is 976.